The van der Waals surface area contributed by atoms with E-state index in [1.165, 1.54) is 11.8 Å². The number of sulfonamides is 1. The van der Waals surface area contributed by atoms with Gasteiger partial charge in [0.15, 0.2) is 0 Å². The van der Waals surface area contributed by atoms with Crippen molar-refractivity contribution in [3.8, 4) is 0 Å². The van der Waals surface area contributed by atoms with Crippen molar-refractivity contribution in [1.29, 1.82) is 0 Å². The zero-order valence-electron chi connectivity index (χ0n) is 15.6. The number of carbonyl (C=O) groups excluding carboxylic acids is 1. The topological polar surface area (TPSA) is 110 Å². The predicted octanol–water partition coefficient (Wildman–Crippen LogP) is 2.28. The Balaban J connectivity index is 2.19. The number of aryl methyl sites for hydroxylation is 1. The molecule has 1 heterocycles. The number of hydrogen-bond acceptors (Lipinski definition) is 6. The van der Waals surface area contributed by atoms with E-state index >= 15 is 0 Å². The van der Waals surface area contributed by atoms with Gasteiger partial charge in [0, 0.05) is 37.8 Å². The summed E-state index contributed by atoms with van der Waals surface area (Å²) in [6.45, 7) is 6.51. The first kappa shape index (κ1) is 21.0. The molecule has 0 aliphatic carbocycles. The second-order valence-corrected chi connectivity index (χ2v) is 9.10. The molecule has 0 atom stereocenters. The summed E-state index contributed by atoms with van der Waals surface area (Å²) in [5.41, 5.74) is -1.11. The van der Waals surface area contributed by atoms with Crippen LogP contribution in [0.25, 0.3) is 0 Å². The summed E-state index contributed by atoms with van der Waals surface area (Å²) in [6, 6.07) is 1.57. The van der Waals surface area contributed by atoms with Crippen LogP contribution in [0.4, 0.5) is 14.9 Å². The van der Waals surface area contributed by atoms with Gasteiger partial charge in [-0.15, -0.1) is 0 Å². The SMILES string of the molecule is Cc1cc(F)c(S(=O)(=O)N2CCN(C(=O)OC(C)(C)C)CC2)cc1[N+](=O)[O-]. The normalized spacial score (nSPS) is 16.3. The first-order chi connectivity index (χ1) is 12.3. The predicted molar refractivity (Wildman–Crippen MR) is 94.4 cm³/mol. The average Bonchev–Trinajstić information content (AvgIpc) is 2.52. The maximum atomic E-state index is 14.2. The fourth-order valence-corrected chi connectivity index (χ4v) is 4.10. The van der Waals surface area contributed by atoms with Gasteiger partial charge >= 0.3 is 6.09 Å². The van der Waals surface area contributed by atoms with Gasteiger partial charge in [-0.3, -0.25) is 10.1 Å². The summed E-state index contributed by atoms with van der Waals surface area (Å²) >= 11 is 0. The van der Waals surface area contributed by atoms with E-state index in [1.807, 2.05) is 0 Å². The van der Waals surface area contributed by atoms with Gasteiger partial charge in [0.1, 0.15) is 16.3 Å². The Kier molecular flexibility index (Phi) is 5.76. The lowest BCUT2D eigenvalue weighted by molar-refractivity contribution is -0.385. The third kappa shape index (κ3) is 4.72. The lowest BCUT2D eigenvalue weighted by Gasteiger charge is -2.35. The molecule has 0 N–H and O–H groups in total. The van der Waals surface area contributed by atoms with Gasteiger partial charge in [-0.1, -0.05) is 0 Å². The van der Waals surface area contributed by atoms with E-state index in [0.29, 0.717) is 0 Å². The Morgan fingerprint density at radius 2 is 1.78 bits per heavy atom. The molecule has 9 nitrogen and oxygen atoms in total. The lowest BCUT2D eigenvalue weighted by Crippen LogP contribution is -2.51. The number of nitro groups is 1. The Hall–Kier alpha value is -2.27. The number of ether oxygens (including phenoxy) is 1. The van der Waals surface area contributed by atoms with Gasteiger partial charge in [0.25, 0.3) is 5.69 Å². The number of nitro benzene ring substituents is 1. The number of carbonyl (C=O) groups is 1. The van der Waals surface area contributed by atoms with Crippen molar-refractivity contribution >= 4 is 21.8 Å². The van der Waals surface area contributed by atoms with Crippen molar-refractivity contribution in [2.45, 2.75) is 38.2 Å². The molecular formula is C16H22FN3O6S. The van der Waals surface area contributed by atoms with E-state index in [9.17, 15) is 27.7 Å². The van der Waals surface area contributed by atoms with Crippen LogP contribution in [0, 0.1) is 22.9 Å². The van der Waals surface area contributed by atoms with E-state index in [-0.39, 0.29) is 31.7 Å². The summed E-state index contributed by atoms with van der Waals surface area (Å²) in [5, 5.41) is 11.0. The monoisotopic (exact) mass is 403 g/mol. The van der Waals surface area contributed by atoms with Crippen LogP contribution >= 0.6 is 0 Å². The molecule has 1 aliphatic heterocycles. The quantitative estimate of drug-likeness (QED) is 0.566. The number of rotatable bonds is 3. The van der Waals surface area contributed by atoms with Gasteiger partial charge in [-0.25, -0.2) is 17.6 Å². The van der Waals surface area contributed by atoms with Crippen LogP contribution in [-0.4, -0.2) is 60.4 Å². The standard InChI is InChI=1S/C16H22FN3O6S/c1-11-9-12(17)14(10-13(11)20(22)23)27(24,25)19-7-5-18(6-8-19)15(21)26-16(2,3)4/h9-10H,5-8H2,1-4H3. The lowest BCUT2D eigenvalue weighted by atomic mass is 10.2. The largest absolute Gasteiger partial charge is 0.444 e. The van der Waals surface area contributed by atoms with Crippen molar-refractivity contribution in [3.05, 3.63) is 33.6 Å². The van der Waals surface area contributed by atoms with Gasteiger partial charge in [-0.2, -0.15) is 4.31 Å². The Morgan fingerprint density at radius 1 is 1.22 bits per heavy atom. The first-order valence-electron chi connectivity index (χ1n) is 8.25. The van der Waals surface area contributed by atoms with E-state index in [0.717, 1.165) is 16.4 Å². The third-order valence-corrected chi connectivity index (χ3v) is 5.87. The average molecular weight is 403 g/mol. The molecule has 0 radical (unpaired) electrons. The third-order valence-electron chi connectivity index (χ3n) is 3.96. The molecule has 1 amide bonds. The van der Waals surface area contributed by atoms with Crippen molar-refractivity contribution in [2.75, 3.05) is 26.2 Å². The Morgan fingerprint density at radius 3 is 2.26 bits per heavy atom. The molecule has 11 heteroatoms. The van der Waals surface area contributed by atoms with Gasteiger partial charge in [0.2, 0.25) is 10.0 Å². The molecule has 0 unspecified atom stereocenters. The fourth-order valence-electron chi connectivity index (χ4n) is 2.61. The molecular weight excluding hydrogens is 381 g/mol. The summed E-state index contributed by atoms with van der Waals surface area (Å²) < 4.78 is 45.9. The zero-order chi connectivity index (χ0) is 20.6. The van der Waals surface area contributed by atoms with Crippen LogP contribution < -0.4 is 0 Å². The fraction of sp³-hybridized carbons (Fsp3) is 0.562. The van der Waals surface area contributed by atoms with Crippen molar-refractivity contribution in [1.82, 2.24) is 9.21 Å². The molecule has 2 rings (SSSR count). The van der Waals surface area contributed by atoms with E-state index in [1.54, 1.807) is 20.8 Å². The highest BCUT2D eigenvalue weighted by molar-refractivity contribution is 7.89. The van der Waals surface area contributed by atoms with Crippen molar-refractivity contribution < 1.29 is 27.3 Å². The van der Waals surface area contributed by atoms with E-state index in [2.05, 4.69) is 0 Å². The number of amides is 1. The van der Waals surface area contributed by atoms with Crippen LogP contribution in [0.5, 0.6) is 0 Å². The first-order valence-corrected chi connectivity index (χ1v) is 9.69. The molecule has 1 aliphatic rings. The molecule has 1 fully saturated rings. The minimum atomic E-state index is -4.27. The molecule has 0 spiro atoms. The molecule has 0 saturated carbocycles. The highest BCUT2D eigenvalue weighted by Crippen LogP contribution is 2.28. The molecule has 1 saturated heterocycles. The number of piperazine rings is 1. The Labute approximate surface area is 156 Å². The second-order valence-electron chi connectivity index (χ2n) is 7.20. The second kappa shape index (κ2) is 7.39. The summed E-state index contributed by atoms with van der Waals surface area (Å²) in [7, 11) is -4.27. The molecule has 1 aromatic rings. The summed E-state index contributed by atoms with van der Waals surface area (Å²) in [6.07, 6.45) is -0.559. The highest BCUT2D eigenvalue weighted by Gasteiger charge is 2.34. The number of halogens is 1. The van der Waals surface area contributed by atoms with Crippen LogP contribution in [0.2, 0.25) is 0 Å². The van der Waals surface area contributed by atoms with Crippen LogP contribution in [0.15, 0.2) is 17.0 Å². The molecule has 1 aromatic carbocycles. The molecule has 0 bridgehead atoms. The summed E-state index contributed by atoms with van der Waals surface area (Å²) in [4.78, 5) is 23.0. The maximum absolute atomic E-state index is 14.2. The molecule has 0 aromatic heterocycles. The zero-order valence-corrected chi connectivity index (χ0v) is 16.4. The van der Waals surface area contributed by atoms with E-state index in [4.69, 9.17) is 4.74 Å². The minimum Gasteiger partial charge on any atom is -0.444 e. The highest BCUT2D eigenvalue weighted by atomic mass is 32.2. The van der Waals surface area contributed by atoms with Gasteiger partial charge < -0.3 is 9.64 Å². The maximum Gasteiger partial charge on any atom is 0.410 e. The summed E-state index contributed by atoms with van der Waals surface area (Å²) in [5.74, 6) is -1.05. The minimum absolute atomic E-state index is 0.0335. The van der Waals surface area contributed by atoms with Gasteiger partial charge in [-0.05, 0) is 33.8 Å². The molecule has 27 heavy (non-hydrogen) atoms. The van der Waals surface area contributed by atoms with E-state index < -0.39 is 43.0 Å². The number of nitrogens with zero attached hydrogens (tertiary/aromatic N) is 3. The number of hydrogen-bond donors (Lipinski definition) is 0. The Bertz CT molecular complexity index is 858. The van der Waals surface area contributed by atoms with Crippen molar-refractivity contribution in [2.24, 2.45) is 0 Å². The smallest absolute Gasteiger partial charge is 0.410 e. The van der Waals surface area contributed by atoms with Crippen molar-refractivity contribution in [3.63, 3.8) is 0 Å². The van der Waals surface area contributed by atoms with Crippen LogP contribution in [0.1, 0.15) is 26.3 Å². The van der Waals surface area contributed by atoms with Gasteiger partial charge in [0.05, 0.1) is 4.92 Å². The van der Waals surface area contributed by atoms with Crippen LogP contribution in [-0.2, 0) is 14.8 Å². The number of benzene rings is 1. The molecule has 150 valence electrons. The van der Waals surface area contributed by atoms with Crippen LogP contribution in [0.3, 0.4) is 0 Å².